The summed E-state index contributed by atoms with van der Waals surface area (Å²) in [5, 5.41) is 3.21. The van der Waals surface area contributed by atoms with Crippen LogP contribution < -0.4 is 10.9 Å². The number of nitrogens with zero attached hydrogens (tertiary/aromatic N) is 3. The summed E-state index contributed by atoms with van der Waals surface area (Å²) >= 11 is 0. The summed E-state index contributed by atoms with van der Waals surface area (Å²) < 4.78 is 3.32. The highest BCUT2D eigenvalue weighted by Gasteiger charge is 2.19. The smallest absolute Gasteiger partial charge is 0.268 e. The lowest BCUT2D eigenvalue weighted by molar-refractivity contribution is 0.0949. The van der Waals surface area contributed by atoms with Crippen LogP contribution >= 0.6 is 0 Å². The highest BCUT2D eigenvalue weighted by molar-refractivity contribution is 5.98. The monoisotopic (exact) mass is 372 g/mol. The number of aryl methyl sites for hydroxylation is 1. The van der Waals surface area contributed by atoms with E-state index in [0.717, 1.165) is 11.1 Å². The van der Waals surface area contributed by atoms with Gasteiger partial charge < -0.3 is 9.88 Å². The molecule has 4 aromatic rings. The fourth-order valence-corrected chi connectivity index (χ4v) is 3.28. The molecular weight excluding hydrogens is 352 g/mol. The number of fused-ring (bicyclic) bond motifs is 2. The van der Waals surface area contributed by atoms with E-state index in [1.807, 2.05) is 49.4 Å². The Kier molecular flexibility index (Phi) is 4.53. The van der Waals surface area contributed by atoms with E-state index in [2.05, 4.69) is 16.9 Å². The molecule has 0 aliphatic heterocycles. The van der Waals surface area contributed by atoms with E-state index in [0.29, 0.717) is 35.5 Å². The minimum absolute atomic E-state index is 0.187. The lowest BCUT2D eigenvalue weighted by Crippen LogP contribution is -2.26. The van der Waals surface area contributed by atoms with Gasteiger partial charge >= 0.3 is 0 Å². The molecule has 1 N–H and O–H groups in total. The molecule has 0 bridgehead atoms. The molecule has 28 heavy (non-hydrogen) atoms. The first-order valence-corrected chi connectivity index (χ1v) is 9.04. The summed E-state index contributed by atoms with van der Waals surface area (Å²) in [5.74, 6) is -0.265. The van der Waals surface area contributed by atoms with Crippen molar-refractivity contribution >= 4 is 22.6 Å². The predicted molar refractivity (Wildman–Crippen MR) is 110 cm³/mol. The van der Waals surface area contributed by atoms with Crippen molar-refractivity contribution in [2.75, 3.05) is 6.54 Å². The fraction of sp³-hybridized carbons (Fsp3) is 0.136. The number of benzene rings is 1. The van der Waals surface area contributed by atoms with Crippen LogP contribution in [-0.2, 0) is 6.54 Å². The van der Waals surface area contributed by atoms with Gasteiger partial charge in [-0.05, 0) is 30.2 Å². The van der Waals surface area contributed by atoms with Crippen LogP contribution in [0.15, 0.2) is 72.2 Å². The molecule has 140 valence electrons. The molecule has 1 aromatic carbocycles. The highest BCUT2D eigenvalue weighted by Crippen LogP contribution is 2.19. The number of hydrogen-bond donors (Lipinski definition) is 1. The van der Waals surface area contributed by atoms with Crippen molar-refractivity contribution in [2.45, 2.75) is 13.5 Å². The zero-order chi connectivity index (χ0) is 19.7. The fourth-order valence-electron chi connectivity index (χ4n) is 3.28. The normalized spacial score (nSPS) is 11.0. The third-order valence-corrected chi connectivity index (χ3v) is 4.64. The van der Waals surface area contributed by atoms with Gasteiger partial charge in [-0.2, -0.15) is 0 Å². The topological polar surface area (TPSA) is 68.4 Å². The first kappa shape index (κ1) is 17.7. The number of carbonyl (C=O) groups is 1. The van der Waals surface area contributed by atoms with Gasteiger partial charge in [0.25, 0.3) is 11.5 Å². The van der Waals surface area contributed by atoms with Gasteiger partial charge in [-0.25, -0.2) is 4.98 Å². The molecule has 0 atom stereocenters. The summed E-state index contributed by atoms with van der Waals surface area (Å²) in [6, 6.07) is 15.1. The largest absolute Gasteiger partial charge is 0.347 e. The number of amides is 1. The van der Waals surface area contributed by atoms with Crippen LogP contribution in [-0.4, -0.2) is 26.4 Å². The first-order chi connectivity index (χ1) is 13.6. The summed E-state index contributed by atoms with van der Waals surface area (Å²) in [6.45, 7) is 6.34. The molecule has 0 unspecified atom stereocenters. The van der Waals surface area contributed by atoms with E-state index < -0.39 is 0 Å². The molecule has 3 aromatic heterocycles. The molecule has 0 saturated carbocycles. The Morgan fingerprint density at radius 3 is 2.75 bits per heavy atom. The predicted octanol–water partition coefficient (Wildman–Crippen LogP) is 2.92. The van der Waals surface area contributed by atoms with Gasteiger partial charge in [0.05, 0.1) is 5.39 Å². The van der Waals surface area contributed by atoms with Gasteiger partial charge in [0.1, 0.15) is 17.0 Å². The van der Waals surface area contributed by atoms with Gasteiger partial charge in [-0.1, -0.05) is 42.5 Å². The van der Waals surface area contributed by atoms with Crippen molar-refractivity contribution < 1.29 is 4.79 Å². The molecule has 6 heteroatoms. The van der Waals surface area contributed by atoms with Crippen molar-refractivity contribution in [3.05, 3.63) is 94.6 Å². The first-order valence-electron chi connectivity index (χ1n) is 9.04. The molecule has 4 rings (SSSR count). The maximum atomic E-state index is 13.1. The molecule has 0 spiro atoms. The molecule has 6 nitrogen and oxygen atoms in total. The van der Waals surface area contributed by atoms with Crippen molar-refractivity contribution in [3.8, 4) is 0 Å². The average molecular weight is 372 g/mol. The van der Waals surface area contributed by atoms with Crippen LogP contribution in [0.25, 0.3) is 16.7 Å². The zero-order valence-corrected chi connectivity index (χ0v) is 15.6. The molecule has 3 heterocycles. The van der Waals surface area contributed by atoms with Crippen molar-refractivity contribution in [3.63, 3.8) is 0 Å². The highest BCUT2D eigenvalue weighted by atomic mass is 16.2. The summed E-state index contributed by atoms with van der Waals surface area (Å²) in [5.41, 5.74) is 3.24. The number of aromatic nitrogens is 3. The Labute approximate surface area is 161 Å². The lowest BCUT2D eigenvalue weighted by atomic mass is 10.2. The van der Waals surface area contributed by atoms with Gasteiger partial charge in [-0.3, -0.25) is 14.0 Å². The standard InChI is InChI=1S/C22H20N4O2/c1-3-11-23-21(27)18-12-17-20(25(18)14-16-7-5-4-6-8-16)24-19-10-9-15(2)13-26(19)22(17)28/h3-10,12-13H,1,11,14H2,2H3,(H,23,27). The third kappa shape index (κ3) is 3.09. The maximum Gasteiger partial charge on any atom is 0.268 e. The number of carbonyl (C=O) groups excluding carboxylic acids is 1. The van der Waals surface area contributed by atoms with Crippen molar-refractivity contribution in [1.29, 1.82) is 0 Å². The SMILES string of the molecule is C=CCNC(=O)c1cc2c(=O)n3cc(C)ccc3nc2n1Cc1ccccc1. The third-order valence-electron chi connectivity index (χ3n) is 4.64. The van der Waals surface area contributed by atoms with E-state index in [4.69, 9.17) is 0 Å². The second-order valence-electron chi connectivity index (χ2n) is 6.69. The number of hydrogen-bond acceptors (Lipinski definition) is 3. The van der Waals surface area contributed by atoms with Crippen molar-refractivity contribution in [2.24, 2.45) is 0 Å². The molecular formula is C22H20N4O2. The molecule has 1 amide bonds. The van der Waals surface area contributed by atoms with E-state index in [9.17, 15) is 9.59 Å². The summed E-state index contributed by atoms with van der Waals surface area (Å²) in [6.07, 6.45) is 3.38. The number of pyridine rings is 1. The van der Waals surface area contributed by atoms with Gasteiger partial charge in [0.2, 0.25) is 0 Å². The lowest BCUT2D eigenvalue weighted by Gasteiger charge is -2.11. The van der Waals surface area contributed by atoms with Crippen LogP contribution in [0.4, 0.5) is 0 Å². The van der Waals surface area contributed by atoms with E-state index in [1.165, 1.54) is 4.40 Å². The van der Waals surface area contributed by atoms with Crippen molar-refractivity contribution in [1.82, 2.24) is 19.3 Å². The minimum Gasteiger partial charge on any atom is -0.347 e. The molecule has 0 fully saturated rings. The maximum absolute atomic E-state index is 13.1. The van der Waals surface area contributed by atoms with Crippen LogP contribution in [0, 0.1) is 6.92 Å². The Morgan fingerprint density at radius 1 is 1.21 bits per heavy atom. The summed E-state index contributed by atoms with van der Waals surface area (Å²) in [4.78, 5) is 30.5. The molecule has 0 aliphatic carbocycles. The second kappa shape index (κ2) is 7.15. The zero-order valence-electron chi connectivity index (χ0n) is 15.6. The van der Waals surface area contributed by atoms with E-state index in [-0.39, 0.29) is 11.5 Å². The summed E-state index contributed by atoms with van der Waals surface area (Å²) in [7, 11) is 0. The number of rotatable bonds is 5. The average Bonchev–Trinajstić information content (AvgIpc) is 3.06. The van der Waals surface area contributed by atoms with E-state index in [1.54, 1.807) is 22.9 Å². The molecule has 0 saturated heterocycles. The van der Waals surface area contributed by atoms with Crippen LogP contribution in [0.5, 0.6) is 0 Å². The number of nitrogens with one attached hydrogen (secondary N) is 1. The molecule has 0 radical (unpaired) electrons. The quantitative estimate of drug-likeness (QED) is 0.548. The van der Waals surface area contributed by atoms with Crippen LogP contribution in [0.1, 0.15) is 21.6 Å². The van der Waals surface area contributed by atoms with Gasteiger partial charge in [0.15, 0.2) is 0 Å². The Hall–Kier alpha value is -3.67. The minimum atomic E-state index is -0.265. The van der Waals surface area contributed by atoms with Gasteiger partial charge in [0, 0.05) is 19.3 Å². The Morgan fingerprint density at radius 2 is 2.00 bits per heavy atom. The Bertz CT molecular complexity index is 1250. The second-order valence-corrected chi connectivity index (χ2v) is 6.69. The van der Waals surface area contributed by atoms with E-state index >= 15 is 0 Å². The molecule has 0 aliphatic rings. The van der Waals surface area contributed by atoms with Crippen LogP contribution in [0.2, 0.25) is 0 Å². The van der Waals surface area contributed by atoms with Crippen LogP contribution in [0.3, 0.4) is 0 Å². The Balaban J connectivity index is 1.97. The van der Waals surface area contributed by atoms with Gasteiger partial charge in [-0.15, -0.1) is 6.58 Å².